The summed E-state index contributed by atoms with van der Waals surface area (Å²) < 4.78 is 0. The molecule has 1 aromatic carbocycles. The minimum Gasteiger partial charge on any atom is -0.478 e. The van der Waals surface area contributed by atoms with Crippen LogP contribution in [0, 0.1) is 0 Å². The van der Waals surface area contributed by atoms with Gasteiger partial charge in [0, 0.05) is 0 Å². The maximum atomic E-state index is 10.7. The highest BCUT2D eigenvalue weighted by atomic mass is 16.4. The van der Waals surface area contributed by atoms with E-state index in [0.717, 1.165) is 0 Å². The normalized spacial score (nSPS) is 14.7. The van der Waals surface area contributed by atoms with Gasteiger partial charge in [0.1, 0.15) is 0 Å². The van der Waals surface area contributed by atoms with Crippen molar-refractivity contribution in [2.24, 2.45) is 0 Å². The van der Waals surface area contributed by atoms with Gasteiger partial charge in [-0.25, -0.2) is 4.79 Å². The first-order valence-corrected chi connectivity index (χ1v) is 4.66. The molecule has 0 bridgehead atoms. The number of aliphatic hydroxyl groups is 2. The van der Waals surface area contributed by atoms with Crippen LogP contribution in [0.15, 0.2) is 18.2 Å². The minimum atomic E-state index is -1.05. The molecular weight excluding hydrogens is 196 g/mol. The lowest BCUT2D eigenvalue weighted by atomic mass is 9.97. The van der Waals surface area contributed by atoms with Gasteiger partial charge >= 0.3 is 5.97 Å². The van der Waals surface area contributed by atoms with Gasteiger partial charge in [0.15, 0.2) is 0 Å². The van der Waals surface area contributed by atoms with E-state index in [9.17, 15) is 15.0 Å². The van der Waals surface area contributed by atoms with E-state index in [-0.39, 0.29) is 5.56 Å². The molecule has 0 heterocycles. The Bertz CT molecular complexity index is 369. The van der Waals surface area contributed by atoms with Crippen LogP contribution in [0.1, 0.15) is 47.5 Å². The first-order chi connectivity index (χ1) is 6.93. The lowest BCUT2D eigenvalue weighted by Crippen LogP contribution is -2.05. The van der Waals surface area contributed by atoms with Gasteiger partial charge in [-0.05, 0) is 37.1 Å². The van der Waals surface area contributed by atoms with E-state index in [0.29, 0.717) is 11.1 Å². The Kier molecular flexibility index (Phi) is 3.44. The molecule has 1 aromatic rings. The Morgan fingerprint density at radius 2 is 1.67 bits per heavy atom. The van der Waals surface area contributed by atoms with Crippen molar-refractivity contribution in [2.45, 2.75) is 26.1 Å². The molecule has 3 N–H and O–H groups in total. The number of aromatic carboxylic acids is 1. The van der Waals surface area contributed by atoms with Crippen LogP contribution in [0.2, 0.25) is 0 Å². The number of aliphatic hydroxyl groups excluding tert-OH is 2. The molecule has 0 spiro atoms. The van der Waals surface area contributed by atoms with Gasteiger partial charge in [0.05, 0.1) is 17.8 Å². The van der Waals surface area contributed by atoms with E-state index in [1.165, 1.54) is 25.1 Å². The topological polar surface area (TPSA) is 77.8 Å². The summed E-state index contributed by atoms with van der Waals surface area (Å²) in [5.41, 5.74) is 1.11. The van der Waals surface area contributed by atoms with Crippen molar-refractivity contribution >= 4 is 5.97 Å². The summed E-state index contributed by atoms with van der Waals surface area (Å²) in [4.78, 5) is 10.7. The van der Waals surface area contributed by atoms with Crippen molar-refractivity contribution in [3.05, 3.63) is 34.9 Å². The third-order valence-corrected chi connectivity index (χ3v) is 2.23. The molecule has 82 valence electrons. The highest BCUT2D eigenvalue weighted by Gasteiger charge is 2.14. The average molecular weight is 210 g/mol. The number of carboxylic acids is 1. The molecule has 0 aliphatic heterocycles. The molecule has 4 nitrogen and oxygen atoms in total. The summed E-state index contributed by atoms with van der Waals surface area (Å²) in [7, 11) is 0. The first-order valence-electron chi connectivity index (χ1n) is 4.66. The molecule has 0 saturated heterocycles. The van der Waals surface area contributed by atoms with Gasteiger partial charge in [-0.2, -0.15) is 0 Å². The molecule has 0 aliphatic carbocycles. The SMILES string of the molecule is CC(O)c1ccc(C(=O)O)cc1C(C)O. The number of hydrogen-bond acceptors (Lipinski definition) is 3. The lowest BCUT2D eigenvalue weighted by molar-refractivity contribution is 0.0696. The second-order valence-electron chi connectivity index (χ2n) is 3.50. The number of rotatable bonds is 3. The summed E-state index contributed by atoms with van der Waals surface area (Å²) in [6.07, 6.45) is -1.52. The lowest BCUT2D eigenvalue weighted by Gasteiger charge is -2.14. The van der Waals surface area contributed by atoms with Crippen molar-refractivity contribution in [2.75, 3.05) is 0 Å². The van der Waals surface area contributed by atoms with E-state index in [2.05, 4.69) is 0 Å². The summed E-state index contributed by atoms with van der Waals surface area (Å²) in [5.74, 6) is -1.05. The predicted molar refractivity (Wildman–Crippen MR) is 54.7 cm³/mol. The van der Waals surface area contributed by atoms with Gasteiger partial charge < -0.3 is 15.3 Å². The Morgan fingerprint density at radius 3 is 2.07 bits per heavy atom. The van der Waals surface area contributed by atoms with Gasteiger partial charge in [0.2, 0.25) is 0 Å². The fourth-order valence-corrected chi connectivity index (χ4v) is 1.45. The van der Waals surface area contributed by atoms with Crippen molar-refractivity contribution in [3.8, 4) is 0 Å². The quantitative estimate of drug-likeness (QED) is 0.706. The number of carboxylic acid groups (broad SMARTS) is 1. The average Bonchev–Trinajstić information content (AvgIpc) is 2.16. The van der Waals surface area contributed by atoms with Crippen LogP contribution in [0.3, 0.4) is 0 Å². The van der Waals surface area contributed by atoms with Gasteiger partial charge in [0.25, 0.3) is 0 Å². The van der Waals surface area contributed by atoms with Crippen LogP contribution >= 0.6 is 0 Å². The number of benzene rings is 1. The van der Waals surface area contributed by atoms with E-state index in [1.807, 2.05) is 0 Å². The van der Waals surface area contributed by atoms with Crippen LogP contribution < -0.4 is 0 Å². The zero-order chi connectivity index (χ0) is 11.6. The van der Waals surface area contributed by atoms with Crippen LogP contribution in [-0.4, -0.2) is 21.3 Å². The molecular formula is C11H14O4. The Hall–Kier alpha value is -1.39. The van der Waals surface area contributed by atoms with E-state index >= 15 is 0 Å². The van der Waals surface area contributed by atoms with Crippen LogP contribution in [0.25, 0.3) is 0 Å². The van der Waals surface area contributed by atoms with Gasteiger partial charge in [-0.1, -0.05) is 6.07 Å². The van der Waals surface area contributed by atoms with Gasteiger partial charge in [-0.3, -0.25) is 0 Å². The van der Waals surface area contributed by atoms with E-state index < -0.39 is 18.2 Å². The summed E-state index contributed by atoms with van der Waals surface area (Å²) in [6.45, 7) is 3.11. The zero-order valence-electron chi connectivity index (χ0n) is 8.64. The second kappa shape index (κ2) is 4.42. The third-order valence-electron chi connectivity index (χ3n) is 2.23. The zero-order valence-corrected chi connectivity index (χ0v) is 8.64. The fourth-order valence-electron chi connectivity index (χ4n) is 1.45. The fraction of sp³-hybridized carbons (Fsp3) is 0.364. The van der Waals surface area contributed by atoms with Crippen LogP contribution in [-0.2, 0) is 0 Å². The molecule has 0 fully saturated rings. The highest BCUT2D eigenvalue weighted by Crippen LogP contribution is 2.24. The first kappa shape index (κ1) is 11.7. The van der Waals surface area contributed by atoms with Crippen molar-refractivity contribution in [3.63, 3.8) is 0 Å². The maximum Gasteiger partial charge on any atom is 0.335 e. The number of carbonyl (C=O) groups is 1. The molecule has 0 radical (unpaired) electrons. The molecule has 2 atom stereocenters. The minimum absolute atomic E-state index is 0.107. The Balaban J connectivity index is 3.27. The van der Waals surface area contributed by atoms with Crippen molar-refractivity contribution in [1.29, 1.82) is 0 Å². The molecule has 4 heteroatoms. The molecule has 0 amide bonds. The molecule has 0 aromatic heterocycles. The number of hydrogen-bond donors (Lipinski definition) is 3. The highest BCUT2D eigenvalue weighted by molar-refractivity contribution is 5.87. The second-order valence-corrected chi connectivity index (χ2v) is 3.50. The molecule has 1 rings (SSSR count). The van der Waals surface area contributed by atoms with Crippen LogP contribution in [0.4, 0.5) is 0 Å². The molecule has 15 heavy (non-hydrogen) atoms. The Morgan fingerprint density at radius 1 is 1.13 bits per heavy atom. The van der Waals surface area contributed by atoms with Gasteiger partial charge in [-0.15, -0.1) is 0 Å². The van der Waals surface area contributed by atoms with E-state index in [4.69, 9.17) is 5.11 Å². The van der Waals surface area contributed by atoms with Crippen molar-refractivity contribution < 1.29 is 20.1 Å². The predicted octanol–water partition coefficient (Wildman–Crippen LogP) is 1.49. The molecule has 0 saturated carbocycles. The van der Waals surface area contributed by atoms with Crippen molar-refractivity contribution in [1.82, 2.24) is 0 Å². The Labute approximate surface area is 87.8 Å². The maximum absolute atomic E-state index is 10.7. The smallest absolute Gasteiger partial charge is 0.335 e. The van der Waals surface area contributed by atoms with E-state index in [1.54, 1.807) is 6.92 Å². The summed E-state index contributed by atoms with van der Waals surface area (Å²) in [6, 6.07) is 4.32. The summed E-state index contributed by atoms with van der Waals surface area (Å²) in [5, 5.41) is 27.7. The third kappa shape index (κ3) is 2.55. The monoisotopic (exact) mass is 210 g/mol. The standard InChI is InChI=1S/C11H14O4/c1-6(12)9-4-3-8(11(14)15)5-10(9)7(2)13/h3-7,12-13H,1-2H3,(H,14,15). The van der Waals surface area contributed by atoms with Crippen LogP contribution in [0.5, 0.6) is 0 Å². The molecule has 2 unspecified atom stereocenters. The largest absolute Gasteiger partial charge is 0.478 e. The summed E-state index contributed by atoms with van der Waals surface area (Å²) >= 11 is 0. The molecule has 0 aliphatic rings.